The standard InChI is InChI=1S/C33H41N3O4S/c1-24-14-12-20-30(26(24)3)36(41(4,39)40)23-32(37)35(22-28-17-9-8-13-25(28)2)31(21-27-15-6-5-7-16-27)33(38)34-29-18-10-11-19-29/h5-9,12-17,20,29,31H,10-11,18-19,21-23H2,1-4H3,(H,34,38). The summed E-state index contributed by atoms with van der Waals surface area (Å²) in [6.07, 6.45) is 5.41. The lowest BCUT2D eigenvalue weighted by molar-refractivity contribution is -0.140. The average Bonchev–Trinajstić information content (AvgIpc) is 3.45. The molecule has 1 N–H and O–H groups in total. The highest BCUT2D eigenvalue weighted by atomic mass is 32.2. The summed E-state index contributed by atoms with van der Waals surface area (Å²) in [5.41, 5.74) is 5.01. The number of nitrogens with zero attached hydrogens (tertiary/aromatic N) is 2. The zero-order valence-electron chi connectivity index (χ0n) is 24.5. The molecule has 4 rings (SSSR count). The number of benzene rings is 3. The second-order valence-electron chi connectivity index (χ2n) is 11.1. The molecule has 1 atom stereocenters. The molecule has 1 unspecified atom stereocenters. The van der Waals surface area contributed by atoms with Gasteiger partial charge in [0.25, 0.3) is 0 Å². The number of aryl methyl sites for hydroxylation is 2. The quantitative estimate of drug-likeness (QED) is 0.346. The summed E-state index contributed by atoms with van der Waals surface area (Å²) in [4.78, 5) is 29.8. The molecule has 0 spiro atoms. The van der Waals surface area contributed by atoms with Crippen molar-refractivity contribution in [3.63, 3.8) is 0 Å². The molecule has 41 heavy (non-hydrogen) atoms. The van der Waals surface area contributed by atoms with Crippen molar-refractivity contribution in [2.45, 2.75) is 71.5 Å². The summed E-state index contributed by atoms with van der Waals surface area (Å²) in [7, 11) is -3.81. The molecule has 0 heterocycles. The minimum Gasteiger partial charge on any atom is -0.352 e. The third-order valence-corrected chi connectivity index (χ3v) is 9.22. The minimum atomic E-state index is -3.81. The molecule has 3 aromatic carbocycles. The van der Waals surface area contributed by atoms with Gasteiger partial charge in [0.2, 0.25) is 21.8 Å². The second-order valence-corrected chi connectivity index (χ2v) is 13.0. The maximum absolute atomic E-state index is 14.3. The van der Waals surface area contributed by atoms with Crippen molar-refractivity contribution in [3.05, 3.63) is 101 Å². The lowest BCUT2D eigenvalue weighted by Gasteiger charge is -2.34. The van der Waals surface area contributed by atoms with E-state index in [4.69, 9.17) is 0 Å². The van der Waals surface area contributed by atoms with Crippen molar-refractivity contribution in [1.82, 2.24) is 10.2 Å². The molecule has 1 fully saturated rings. The first kappa shape index (κ1) is 30.3. The van der Waals surface area contributed by atoms with Crippen LogP contribution < -0.4 is 9.62 Å². The lowest BCUT2D eigenvalue weighted by Crippen LogP contribution is -2.54. The van der Waals surface area contributed by atoms with Gasteiger partial charge in [-0.3, -0.25) is 13.9 Å². The third-order valence-electron chi connectivity index (χ3n) is 8.10. The first-order valence-electron chi connectivity index (χ1n) is 14.3. The maximum Gasteiger partial charge on any atom is 0.244 e. The molecule has 0 radical (unpaired) electrons. The summed E-state index contributed by atoms with van der Waals surface area (Å²) in [5.74, 6) is -0.637. The third kappa shape index (κ3) is 7.76. The van der Waals surface area contributed by atoms with Crippen LogP contribution in [0.3, 0.4) is 0 Å². The van der Waals surface area contributed by atoms with Crippen LogP contribution in [0.15, 0.2) is 72.8 Å². The smallest absolute Gasteiger partial charge is 0.244 e. The average molecular weight is 576 g/mol. The van der Waals surface area contributed by atoms with Gasteiger partial charge in [-0.1, -0.05) is 79.6 Å². The predicted molar refractivity (Wildman–Crippen MR) is 164 cm³/mol. The van der Waals surface area contributed by atoms with Crippen LogP contribution in [-0.4, -0.2) is 50.0 Å². The molecular formula is C33H41N3O4S. The first-order valence-corrected chi connectivity index (χ1v) is 16.1. The van der Waals surface area contributed by atoms with Gasteiger partial charge in [-0.15, -0.1) is 0 Å². The molecule has 2 amide bonds. The Bertz CT molecular complexity index is 1470. The van der Waals surface area contributed by atoms with E-state index in [0.717, 1.165) is 64.1 Å². The summed E-state index contributed by atoms with van der Waals surface area (Å²) in [6.45, 7) is 5.52. The Morgan fingerprint density at radius 3 is 2.17 bits per heavy atom. The van der Waals surface area contributed by atoms with E-state index in [9.17, 15) is 18.0 Å². The molecule has 7 nitrogen and oxygen atoms in total. The van der Waals surface area contributed by atoms with E-state index in [1.165, 1.54) is 0 Å². The van der Waals surface area contributed by atoms with E-state index in [2.05, 4.69) is 5.32 Å². The number of carbonyl (C=O) groups excluding carboxylic acids is 2. The van der Waals surface area contributed by atoms with Crippen molar-refractivity contribution < 1.29 is 18.0 Å². The highest BCUT2D eigenvalue weighted by molar-refractivity contribution is 7.92. The molecule has 218 valence electrons. The van der Waals surface area contributed by atoms with Gasteiger partial charge >= 0.3 is 0 Å². The SMILES string of the molecule is Cc1ccccc1CN(C(=O)CN(c1cccc(C)c1C)S(C)(=O)=O)C(Cc1ccccc1)C(=O)NC1CCCC1. The van der Waals surface area contributed by atoms with E-state index in [1.54, 1.807) is 17.0 Å². The van der Waals surface area contributed by atoms with Crippen LogP contribution in [-0.2, 0) is 32.6 Å². The minimum absolute atomic E-state index is 0.0821. The van der Waals surface area contributed by atoms with Gasteiger partial charge in [-0.05, 0) is 67.5 Å². The van der Waals surface area contributed by atoms with Crippen molar-refractivity contribution in [3.8, 4) is 0 Å². The summed E-state index contributed by atoms with van der Waals surface area (Å²) in [6, 6.07) is 22.1. The van der Waals surface area contributed by atoms with E-state index in [1.807, 2.05) is 81.4 Å². The number of sulfonamides is 1. The van der Waals surface area contributed by atoms with Crippen LogP contribution in [0.25, 0.3) is 0 Å². The normalized spacial score (nSPS) is 14.4. The molecular weight excluding hydrogens is 534 g/mol. The van der Waals surface area contributed by atoms with Crippen LogP contribution >= 0.6 is 0 Å². The molecule has 8 heteroatoms. The lowest BCUT2D eigenvalue weighted by atomic mass is 10.0. The van der Waals surface area contributed by atoms with Crippen LogP contribution in [0.1, 0.15) is 53.5 Å². The van der Waals surface area contributed by atoms with Crippen LogP contribution in [0.5, 0.6) is 0 Å². The Morgan fingerprint density at radius 1 is 0.878 bits per heavy atom. The zero-order valence-corrected chi connectivity index (χ0v) is 25.3. The number of hydrogen-bond donors (Lipinski definition) is 1. The number of carbonyl (C=O) groups is 2. The number of anilines is 1. The maximum atomic E-state index is 14.3. The molecule has 0 bridgehead atoms. The van der Waals surface area contributed by atoms with Crippen LogP contribution in [0.2, 0.25) is 0 Å². The van der Waals surface area contributed by atoms with Crippen molar-refractivity contribution in [1.29, 1.82) is 0 Å². The van der Waals surface area contributed by atoms with E-state index in [-0.39, 0.29) is 18.5 Å². The number of hydrogen-bond acceptors (Lipinski definition) is 4. The summed E-state index contributed by atoms with van der Waals surface area (Å²) in [5, 5.41) is 3.20. The molecule has 3 aromatic rings. The Morgan fingerprint density at radius 2 is 1.51 bits per heavy atom. The van der Waals surface area contributed by atoms with Gasteiger partial charge in [0.15, 0.2) is 0 Å². The van der Waals surface area contributed by atoms with Gasteiger partial charge in [0, 0.05) is 19.0 Å². The fourth-order valence-electron chi connectivity index (χ4n) is 5.49. The van der Waals surface area contributed by atoms with Gasteiger partial charge in [0.05, 0.1) is 11.9 Å². The Kier molecular flexibility index (Phi) is 9.86. The fourth-order valence-corrected chi connectivity index (χ4v) is 6.39. The molecule has 0 saturated heterocycles. The molecule has 1 aliphatic rings. The fraction of sp³-hybridized carbons (Fsp3) is 0.394. The van der Waals surface area contributed by atoms with Crippen molar-refractivity contribution >= 4 is 27.5 Å². The van der Waals surface area contributed by atoms with Gasteiger partial charge < -0.3 is 10.2 Å². The monoisotopic (exact) mass is 575 g/mol. The van der Waals surface area contributed by atoms with Gasteiger partial charge in [0.1, 0.15) is 12.6 Å². The Labute approximate surface area is 244 Å². The Hall–Kier alpha value is -3.65. The molecule has 1 saturated carbocycles. The second kappa shape index (κ2) is 13.3. The number of nitrogens with one attached hydrogen (secondary N) is 1. The van der Waals surface area contributed by atoms with E-state index >= 15 is 0 Å². The van der Waals surface area contributed by atoms with Gasteiger partial charge in [-0.25, -0.2) is 8.42 Å². The zero-order chi connectivity index (χ0) is 29.6. The van der Waals surface area contributed by atoms with Crippen LogP contribution in [0.4, 0.5) is 5.69 Å². The number of amides is 2. The van der Waals surface area contributed by atoms with Crippen molar-refractivity contribution in [2.75, 3.05) is 17.1 Å². The molecule has 0 aliphatic heterocycles. The number of rotatable bonds is 11. The van der Waals surface area contributed by atoms with E-state index in [0.29, 0.717) is 12.1 Å². The van der Waals surface area contributed by atoms with Crippen molar-refractivity contribution in [2.24, 2.45) is 0 Å². The first-order chi connectivity index (χ1) is 19.5. The highest BCUT2D eigenvalue weighted by Gasteiger charge is 2.34. The topological polar surface area (TPSA) is 86.8 Å². The largest absolute Gasteiger partial charge is 0.352 e. The predicted octanol–water partition coefficient (Wildman–Crippen LogP) is 5.08. The molecule has 0 aromatic heterocycles. The van der Waals surface area contributed by atoms with Crippen LogP contribution in [0, 0.1) is 20.8 Å². The van der Waals surface area contributed by atoms with Gasteiger partial charge in [-0.2, -0.15) is 0 Å². The van der Waals surface area contributed by atoms with E-state index < -0.39 is 28.5 Å². The summed E-state index contributed by atoms with van der Waals surface area (Å²) < 4.78 is 27.3. The Balaban J connectivity index is 1.75. The summed E-state index contributed by atoms with van der Waals surface area (Å²) >= 11 is 0. The highest BCUT2D eigenvalue weighted by Crippen LogP contribution is 2.26. The molecule has 1 aliphatic carbocycles.